The molecule has 7 heteroatoms. The third-order valence-corrected chi connectivity index (χ3v) is 1.88. The van der Waals surface area contributed by atoms with Crippen molar-refractivity contribution in [2.75, 3.05) is 0 Å². The van der Waals surface area contributed by atoms with E-state index >= 15 is 0 Å². The minimum atomic E-state index is -4.58. The van der Waals surface area contributed by atoms with Gasteiger partial charge in [-0.3, -0.25) is 0 Å². The maximum absolute atomic E-state index is 12.4. The van der Waals surface area contributed by atoms with E-state index in [1.807, 2.05) is 0 Å². The van der Waals surface area contributed by atoms with Crippen LogP contribution in [0.2, 0.25) is 0 Å². The van der Waals surface area contributed by atoms with E-state index in [4.69, 9.17) is 10.8 Å². The summed E-state index contributed by atoms with van der Waals surface area (Å²) in [4.78, 5) is 10.5. The second-order valence-corrected chi connectivity index (χ2v) is 2.88. The van der Waals surface area contributed by atoms with E-state index in [1.165, 1.54) is 0 Å². The van der Waals surface area contributed by atoms with Gasteiger partial charge in [0, 0.05) is 6.54 Å². The number of alkyl halides is 3. The van der Waals surface area contributed by atoms with Crippen LogP contribution in [0.25, 0.3) is 0 Å². The van der Waals surface area contributed by atoms with Gasteiger partial charge in [0.15, 0.2) is 0 Å². The van der Waals surface area contributed by atoms with Gasteiger partial charge in [0.05, 0.1) is 11.1 Å². The lowest BCUT2D eigenvalue weighted by atomic mass is 10.0. The van der Waals surface area contributed by atoms with Crippen molar-refractivity contribution in [3.8, 4) is 0 Å². The van der Waals surface area contributed by atoms with E-state index in [0.29, 0.717) is 6.07 Å². The van der Waals surface area contributed by atoms with E-state index < -0.39 is 23.3 Å². The molecule has 1 rings (SSSR count). The van der Waals surface area contributed by atoms with Gasteiger partial charge in [-0.15, -0.1) is 12.4 Å². The number of hydrogen-bond donors (Lipinski definition) is 2. The number of nitrogens with two attached hydrogens (primary N) is 1. The summed E-state index contributed by atoms with van der Waals surface area (Å²) in [5.41, 5.74) is 3.61. The number of hydrogen-bond acceptors (Lipinski definition) is 2. The molecule has 0 aliphatic rings. The van der Waals surface area contributed by atoms with Crippen LogP contribution >= 0.6 is 12.4 Å². The zero-order chi connectivity index (χ0) is 11.6. The largest absolute Gasteiger partial charge is 0.478 e. The predicted molar refractivity (Wildman–Crippen MR) is 53.5 cm³/mol. The smallest absolute Gasteiger partial charge is 0.416 e. The molecule has 1 aromatic rings. The molecule has 0 amide bonds. The standard InChI is InChI=1S/C9H8F3NO2.ClH/c10-9(11,12)7-3-5(8(14)15)1-2-6(7)4-13;/h1-3H,4,13H2,(H,14,15);1H. The van der Waals surface area contributed by atoms with E-state index in [9.17, 15) is 18.0 Å². The van der Waals surface area contributed by atoms with Crippen molar-refractivity contribution in [3.63, 3.8) is 0 Å². The highest BCUT2D eigenvalue weighted by atomic mass is 35.5. The number of aromatic carboxylic acids is 1. The van der Waals surface area contributed by atoms with E-state index in [1.54, 1.807) is 0 Å². The van der Waals surface area contributed by atoms with E-state index in [0.717, 1.165) is 12.1 Å². The maximum atomic E-state index is 12.4. The van der Waals surface area contributed by atoms with Gasteiger partial charge in [-0.05, 0) is 17.7 Å². The summed E-state index contributed by atoms with van der Waals surface area (Å²) in [5, 5.41) is 8.54. The number of carbonyl (C=O) groups is 1. The first-order chi connectivity index (χ1) is 6.86. The Hall–Kier alpha value is -1.27. The molecule has 0 spiro atoms. The number of rotatable bonds is 2. The SMILES string of the molecule is Cl.NCc1ccc(C(=O)O)cc1C(F)(F)F. The Bertz CT molecular complexity index is 393. The van der Waals surface area contributed by atoms with Crippen molar-refractivity contribution in [2.45, 2.75) is 12.7 Å². The molecule has 0 aliphatic heterocycles. The fraction of sp³-hybridized carbons (Fsp3) is 0.222. The first-order valence-corrected chi connectivity index (χ1v) is 3.99. The van der Waals surface area contributed by atoms with Crippen LogP contribution in [0, 0.1) is 0 Å². The van der Waals surface area contributed by atoms with Gasteiger partial charge >= 0.3 is 12.1 Å². The molecule has 0 saturated carbocycles. The summed E-state index contributed by atoms with van der Waals surface area (Å²) < 4.78 is 37.3. The molecule has 0 radical (unpaired) electrons. The van der Waals surface area contributed by atoms with Crippen LogP contribution in [0.15, 0.2) is 18.2 Å². The Labute approximate surface area is 95.5 Å². The lowest BCUT2D eigenvalue weighted by Crippen LogP contribution is -2.13. The Morgan fingerprint density at radius 3 is 2.31 bits per heavy atom. The number of carboxylic acids is 1. The molecular formula is C9H9ClF3NO2. The van der Waals surface area contributed by atoms with Crippen LogP contribution in [0.4, 0.5) is 13.2 Å². The van der Waals surface area contributed by atoms with Gasteiger partial charge in [0.1, 0.15) is 0 Å². The Morgan fingerprint density at radius 1 is 1.38 bits per heavy atom. The lowest BCUT2D eigenvalue weighted by molar-refractivity contribution is -0.138. The topological polar surface area (TPSA) is 63.3 Å². The molecule has 0 heterocycles. The van der Waals surface area contributed by atoms with Gasteiger partial charge in [-0.25, -0.2) is 4.79 Å². The maximum Gasteiger partial charge on any atom is 0.416 e. The fourth-order valence-electron chi connectivity index (χ4n) is 1.15. The van der Waals surface area contributed by atoms with Gasteiger partial charge in [-0.1, -0.05) is 6.07 Å². The Kier molecular flexibility index (Phi) is 4.77. The van der Waals surface area contributed by atoms with Crippen molar-refractivity contribution in [2.24, 2.45) is 5.73 Å². The Balaban J connectivity index is 0.00000225. The van der Waals surface area contributed by atoms with Crippen molar-refractivity contribution >= 4 is 18.4 Å². The van der Waals surface area contributed by atoms with Gasteiger partial charge in [0.25, 0.3) is 0 Å². The second-order valence-electron chi connectivity index (χ2n) is 2.88. The first kappa shape index (κ1) is 14.7. The highest BCUT2D eigenvalue weighted by molar-refractivity contribution is 5.88. The average Bonchev–Trinajstić information content (AvgIpc) is 2.15. The van der Waals surface area contributed by atoms with Crippen molar-refractivity contribution in [1.82, 2.24) is 0 Å². The van der Waals surface area contributed by atoms with Crippen LogP contribution in [-0.4, -0.2) is 11.1 Å². The number of benzene rings is 1. The molecule has 0 aromatic heterocycles. The van der Waals surface area contributed by atoms with Crippen LogP contribution in [-0.2, 0) is 12.7 Å². The molecule has 3 N–H and O–H groups in total. The normalized spacial score (nSPS) is 10.8. The summed E-state index contributed by atoms with van der Waals surface area (Å²) in [5.74, 6) is -1.40. The van der Waals surface area contributed by atoms with Crippen LogP contribution < -0.4 is 5.73 Å². The third-order valence-electron chi connectivity index (χ3n) is 1.88. The predicted octanol–water partition coefficient (Wildman–Crippen LogP) is 2.28. The summed E-state index contributed by atoms with van der Waals surface area (Å²) in [7, 11) is 0. The van der Waals surface area contributed by atoms with Gasteiger partial charge < -0.3 is 10.8 Å². The summed E-state index contributed by atoms with van der Waals surface area (Å²) >= 11 is 0. The summed E-state index contributed by atoms with van der Waals surface area (Å²) in [6.07, 6.45) is -4.58. The second kappa shape index (κ2) is 5.18. The molecule has 16 heavy (non-hydrogen) atoms. The minimum absolute atomic E-state index is 0. The first-order valence-electron chi connectivity index (χ1n) is 3.99. The fourth-order valence-corrected chi connectivity index (χ4v) is 1.15. The molecule has 0 aliphatic carbocycles. The molecule has 3 nitrogen and oxygen atoms in total. The highest BCUT2D eigenvalue weighted by Crippen LogP contribution is 2.32. The molecular weight excluding hydrogens is 247 g/mol. The zero-order valence-electron chi connectivity index (χ0n) is 7.91. The molecule has 90 valence electrons. The number of carboxylic acid groups (broad SMARTS) is 1. The molecule has 0 saturated heterocycles. The molecule has 1 aromatic carbocycles. The van der Waals surface area contributed by atoms with Crippen LogP contribution in [0.5, 0.6) is 0 Å². The molecule has 0 unspecified atom stereocenters. The highest BCUT2D eigenvalue weighted by Gasteiger charge is 2.33. The van der Waals surface area contributed by atoms with Gasteiger partial charge in [-0.2, -0.15) is 13.2 Å². The van der Waals surface area contributed by atoms with Crippen molar-refractivity contribution in [1.29, 1.82) is 0 Å². The monoisotopic (exact) mass is 255 g/mol. The van der Waals surface area contributed by atoms with Gasteiger partial charge in [0.2, 0.25) is 0 Å². The van der Waals surface area contributed by atoms with Crippen molar-refractivity contribution < 1.29 is 23.1 Å². The average molecular weight is 256 g/mol. The van der Waals surface area contributed by atoms with E-state index in [2.05, 4.69) is 0 Å². The molecule has 0 fully saturated rings. The summed E-state index contributed by atoms with van der Waals surface area (Å²) in [6, 6.07) is 2.76. The lowest BCUT2D eigenvalue weighted by Gasteiger charge is -2.11. The molecule has 0 atom stereocenters. The third kappa shape index (κ3) is 3.11. The van der Waals surface area contributed by atoms with Crippen molar-refractivity contribution in [3.05, 3.63) is 34.9 Å². The van der Waals surface area contributed by atoms with Crippen LogP contribution in [0.3, 0.4) is 0 Å². The minimum Gasteiger partial charge on any atom is -0.478 e. The van der Waals surface area contributed by atoms with Crippen LogP contribution in [0.1, 0.15) is 21.5 Å². The zero-order valence-corrected chi connectivity index (χ0v) is 8.73. The van der Waals surface area contributed by atoms with E-state index in [-0.39, 0.29) is 24.5 Å². The molecule has 0 bridgehead atoms. The Morgan fingerprint density at radius 2 is 1.94 bits per heavy atom. The number of halogens is 4. The summed E-state index contributed by atoms with van der Waals surface area (Å²) in [6.45, 7) is -0.283. The quantitative estimate of drug-likeness (QED) is 0.852.